The summed E-state index contributed by atoms with van der Waals surface area (Å²) < 4.78 is 16.0. The zero-order chi connectivity index (χ0) is 12.5. The first-order valence-corrected chi connectivity index (χ1v) is 7.02. The van der Waals surface area contributed by atoms with Gasteiger partial charge in [-0.15, -0.1) is 11.3 Å². The Hall–Kier alpha value is -1.27. The molecule has 0 saturated carbocycles. The molecule has 0 fully saturated rings. The molecule has 0 spiro atoms. The lowest BCUT2D eigenvalue weighted by Crippen LogP contribution is -1.98. The highest BCUT2D eigenvalue weighted by atomic mass is 79.9. The van der Waals surface area contributed by atoms with E-state index in [-0.39, 0.29) is 6.54 Å². The Labute approximate surface area is 115 Å². The summed E-state index contributed by atoms with van der Waals surface area (Å²) in [7, 11) is 0. The molecule has 92 valence electrons. The van der Waals surface area contributed by atoms with Crippen LogP contribution in [0.2, 0.25) is 0 Å². The normalized spacial score (nSPS) is 11.2. The van der Waals surface area contributed by atoms with Crippen LogP contribution in [0.3, 0.4) is 0 Å². The Morgan fingerprint density at radius 2 is 2.28 bits per heavy atom. The molecular weight excluding hydrogens is 317 g/mol. The largest absolute Gasteiger partial charge is 0.269 e. The highest BCUT2D eigenvalue weighted by Crippen LogP contribution is 2.31. The van der Waals surface area contributed by atoms with Gasteiger partial charge in [0.15, 0.2) is 0 Å². The molecule has 3 nitrogen and oxygen atoms in total. The number of thiazole rings is 1. The Balaban J connectivity index is 2.02. The van der Waals surface area contributed by atoms with Gasteiger partial charge in [0.25, 0.3) is 0 Å². The first-order valence-electron chi connectivity index (χ1n) is 5.41. The summed E-state index contributed by atoms with van der Waals surface area (Å²) in [6.45, 7) is -0.121. The minimum absolute atomic E-state index is 0.288. The molecule has 3 rings (SSSR count). The smallest absolute Gasteiger partial charge is 0.127 e. The van der Waals surface area contributed by atoms with Gasteiger partial charge >= 0.3 is 0 Å². The molecule has 2 heterocycles. The third-order valence-corrected chi connectivity index (χ3v) is 4.10. The third kappa shape index (κ3) is 2.18. The van der Waals surface area contributed by atoms with Crippen LogP contribution in [0.15, 0.2) is 35.1 Å². The molecule has 0 atom stereocenters. The number of hydrogen-bond donors (Lipinski definition) is 0. The maximum atomic E-state index is 12.2. The summed E-state index contributed by atoms with van der Waals surface area (Å²) in [5, 5.41) is 5.01. The van der Waals surface area contributed by atoms with Crippen LogP contribution in [0.4, 0.5) is 4.39 Å². The molecule has 0 unspecified atom stereocenters. The molecule has 0 bridgehead atoms. The minimum Gasteiger partial charge on any atom is -0.269 e. The summed E-state index contributed by atoms with van der Waals surface area (Å²) in [6.07, 6.45) is 3.55. The fraction of sp³-hybridized carbons (Fsp3) is 0.167. The van der Waals surface area contributed by atoms with Crippen molar-refractivity contribution in [3.05, 3.63) is 35.1 Å². The van der Waals surface area contributed by atoms with Crippen molar-refractivity contribution in [3.8, 4) is 10.6 Å². The number of rotatable bonds is 3. The van der Waals surface area contributed by atoms with Gasteiger partial charge in [0, 0.05) is 16.2 Å². The Morgan fingerprint density at radius 3 is 3.11 bits per heavy atom. The van der Waals surface area contributed by atoms with Crippen LogP contribution in [0.5, 0.6) is 0 Å². The van der Waals surface area contributed by atoms with Crippen molar-refractivity contribution in [1.82, 2.24) is 14.8 Å². The predicted octanol–water partition coefficient (Wildman–Crippen LogP) is 3.89. The van der Waals surface area contributed by atoms with E-state index < -0.39 is 6.67 Å². The summed E-state index contributed by atoms with van der Waals surface area (Å²) in [4.78, 5) is 4.55. The summed E-state index contributed by atoms with van der Waals surface area (Å²) >= 11 is 5.05. The molecule has 0 aliphatic rings. The predicted molar refractivity (Wildman–Crippen MR) is 74.5 cm³/mol. The van der Waals surface area contributed by atoms with Gasteiger partial charge < -0.3 is 0 Å². The van der Waals surface area contributed by atoms with Gasteiger partial charge in [-0.25, -0.2) is 9.37 Å². The summed E-state index contributed by atoms with van der Waals surface area (Å²) in [6, 6.07) is 5.99. The molecule has 0 aliphatic heterocycles. The second kappa shape index (κ2) is 4.78. The lowest BCUT2D eigenvalue weighted by Gasteiger charge is -1.92. The lowest BCUT2D eigenvalue weighted by molar-refractivity contribution is 0.427. The number of benzene rings is 1. The number of aromatic nitrogens is 3. The van der Waals surface area contributed by atoms with Crippen LogP contribution in [-0.2, 0) is 6.54 Å². The first kappa shape index (κ1) is 11.8. The number of halogens is 2. The number of fused-ring (bicyclic) bond motifs is 1. The van der Waals surface area contributed by atoms with Crippen molar-refractivity contribution in [2.24, 2.45) is 0 Å². The fourth-order valence-corrected chi connectivity index (χ4v) is 3.20. The van der Waals surface area contributed by atoms with Gasteiger partial charge in [-0.3, -0.25) is 4.68 Å². The second-order valence-corrected chi connectivity index (χ2v) is 5.76. The Bertz CT molecular complexity index is 692. The fourth-order valence-electron chi connectivity index (χ4n) is 1.70. The van der Waals surface area contributed by atoms with Crippen LogP contribution in [0.25, 0.3) is 20.8 Å². The number of nitrogens with zero attached hydrogens (tertiary/aromatic N) is 3. The van der Waals surface area contributed by atoms with Gasteiger partial charge in [0.2, 0.25) is 0 Å². The van der Waals surface area contributed by atoms with E-state index in [0.717, 1.165) is 25.3 Å². The summed E-state index contributed by atoms with van der Waals surface area (Å²) in [5.41, 5.74) is 1.90. The van der Waals surface area contributed by atoms with Gasteiger partial charge in [-0.2, -0.15) is 5.10 Å². The van der Waals surface area contributed by atoms with E-state index in [2.05, 4.69) is 26.0 Å². The number of aryl methyl sites for hydroxylation is 1. The van der Waals surface area contributed by atoms with Crippen molar-refractivity contribution in [2.45, 2.75) is 6.54 Å². The molecule has 0 saturated heterocycles. The molecule has 0 amide bonds. The van der Waals surface area contributed by atoms with Crippen molar-refractivity contribution in [1.29, 1.82) is 0 Å². The van der Waals surface area contributed by atoms with Crippen LogP contribution in [0.1, 0.15) is 0 Å². The maximum absolute atomic E-state index is 12.2. The van der Waals surface area contributed by atoms with Crippen molar-refractivity contribution in [3.63, 3.8) is 0 Å². The number of hydrogen-bond acceptors (Lipinski definition) is 3. The van der Waals surface area contributed by atoms with Crippen molar-refractivity contribution < 1.29 is 4.39 Å². The highest BCUT2D eigenvalue weighted by Gasteiger charge is 2.08. The average Bonchev–Trinajstić information content (AvgIpc) is 2.94. The van der Waals surface area contributed by atoms with Crippen molar-refractivity contribution >= 4 is 37.5 Å². The zero-order valence-corrected chi connectivity index (χ0v) is 11.7. The monoisotopic (exact) mass is 325 g/mol. The van der Waals surface area contributed by atoms with Gasteiger partial charge in [0.05, 0.1) is 23.0 Å². The van der Waals surface area contributed by atoms with Crippen molar-refractivity contribution in [2.75, 3.05) is 6.67 Å². The summed E-state index contributed by atoms with van der Waals surface area (Å²) in [5.74, 6) is 0. The quantitative estimate of drug-likeness (QED) is 0.731. The average molecular weight is 326 g/mol. The highest BCUT2D eigenvalue weighted by molar-refractivity contribution is 9.10. The third-order valence-electron chi connectivity index (χ3n) is 2.54. The molecule has 3 aromatic rings. The SMILES string of the molecule is FCCn1cc(-c2nc3ccc(Br)cc3s2)cn1. The standard InChI is InChI=1S/C12H9BrFN3S/c13-9-1-2-10-11(5-9)18-12(16-10)8-6-15-17(7-8)4-3-14/h1-2,5-7H,3-4H2. The zero-order valence-electron chi connectivity index (χ0n) is 9.31. The molecule has 18 heavy (non-hydrogen) atoms. The Morgan fingerprint density at radius 1 is 1.39 bits per heavy atom. The minimum atomic E-state index is -0.409. The van der Waals surface area contributed by atoms with E-state index in [1.165, 1.54) is 0 Å². The van der Waals surface area contributed by atoms with E-state index >= 15 is 0 Å². The van der Waals surface area contributed by atoms with E-state index in [0.29, 0.717) is 0 Å². The second-order valence-electron chi connectivity index (χ2n) is 3.81. The molecule has 0 N–H and O–H groups in total. The van der Waals surface area contributed by atoms with Gasteiger partial charge in [0.1, 0.15) is 11.7 Å². The molecule has 0 aliphatic carbocycles. The van der Waals surface area contributed by atoms with Gasteiger partial charge in [-0.1, -0.05) is 15.9 Å². The van der Waals surface area contributed by atoms with Crippen LogP contribution in [0, 0.1) is 0 Å². The number of alkyl halides is 1. The topological polar surface area (TPSA) is 30.7 Å². The first-order chi connectivity index (χ1) is 8.76. The molecule has 0 radical (unpaired) electrons. The molecule has 6 heteroatoms. The molecule has 1 aromatic carbocycles. The van der Waals surface area contributed by atoms with Gasteiger partial charge in [-0.05, 0) is 18.2 Å². The van der Waals surface area contributed by atoms with Crippen LogP contribution >= 0.6 is 27.3 Å². The maximum Gasteiger partial charge on any atom is 0.127 e. The van der Waals surface area contributed by atoms with E-state index in [1.807, 2.05) is 24.4 Å². The molecular formula is C12H9BrFN3S. The van der Waals surface area contributed by atoms with E-state index in [1.54, 1.807) is 22.2 Å². The lowest BCUT2D eigenvalue weighted by atomic mass is 10.3. The van der Waals surface area contributed by atoms with Crippen LogP contribution < -0.4 is 0 Å². The van der Waals surface area contributed by atoms with E-state index in [4.69, 9.17) is 0 Å². The van der Waals surface area contributed by atoms with Crippen LogP contribution in [-0.4, -0.2) is 21.4 Å². The molecule has 2 aromatic heterocycles. The van der Waals surface area contributed by atoms with E-state index in [9.17, 15) is 4.39 Å². The Kier molecular flexibility index (Phi) is 3.13.